The molecular formula is C59H40N2. The van der Waals surface area contributed by atoms with Crippen molar-refractivity contribution in [2.45, 2.75) is 5.41 Å². The Morgan fingerprint density at radius 2 is 0.902 bits per heavy atom. The molecule has 2 heteroatoms. The average Bonchev–Trinajstić information content (AvgIpc) is 3.84. The van der Waals surface area contributed by atoms with Crippen LogP contribution >= 0.6 is 0 Å². The highest BCUT2D eigenvalue weighted by atomic mass is 15.1. The second kappa shape index (κ2) is 14.1. The van der Waals surface area contributed by atoms with Crippen molar-refractivity contribution >= 4 is 49.6 Å². The zero-order chi connectivity index (χ0) is 40.3. The van der Waals surface area contributed by atoms with E-state index in [1.807, 2.05) is 0 Å². The summed E-state index contributed by atoms with van der Waals surface area (Å²) in [4.78, 5) is 2.44. The minimum absolute atomic E-state index is 0.500. The molecule has 0 spiro atoms. The van der Waals surface area contributed by atoms with Gasteiger partial charge in [0, 0.05) is 33.2 Å². The normalized spacial score (nSPS) is 12.7. The third-order valence-corrected chi connectivity index (χ3v) is 12.8. The Kier molecular flexibility index (Phi) is 8.11. The summed E-state index contributed by atoms with van der Waals surface area (Å²) in [6.45, 7) is 0. The molecule has 0 saturated heterocycles. The molecule has 0 atom stereocenters. The molecule has 1 aliphatic carbocycles. The SMILES string of the molecule is c1ccc(C2(c3cccc(N(c4ccc(-c5cccc(-n6c7ccccc7c7ccccc76)c5)cc4)c4cccc5ccccc45)c3)c3ccccc3-c3ccccc32)cc1. The molecule has 0 radical (unpaired) electrons. The van der Waals surface area contributed by atoms with Crippen molar-refractivity contribution < 1.29 is 0 Å². The van der Waals surface area contributed by atoms with Crippen molar-refractivity contribution in [2.75, 3.05) is 4.90 Å². The van der Waals surface area contributed by atoms with Crippen LogP contribution in [0.3, 0.4) is 0 Å². The maximum Gasteiger partial charge on any atom is 0.0714 e. The summed E-state index contributed by atoms with van der Waals surface area (Å²) in [5.41, 5.74) is 16.4. The number of para-hydroxylation sites is 2. The molecule has 0 N–H and O–H groups in total. The summed E-state index contributed by atoms with van der Waals surface area (Å²) in [5.74, 6) is 0. The number of hydrogen-bond acceptors (Lipinski definition) is 1. The Morgan fingerprint density at radius 3 is 1.62 bits per heavy atom. The van der Waals surface area contributed by atoms with Crippen LogP contribution in [-0.2, 0) is 5.41 Å². The van der Waals surface area contributed by atoms with Gasteiger partial charge >= 0.3 is 0 Å². The van der Waals surface area contributed by atoms with E-state index in [1.54, 1.807) is 0 Å². The maximum absolute atomic E-state index is 2.44. The molecule has 1 heterocycles. The Hall–Kier alpha value is -7.94. The van der Waals surface area contributed by atoms with Gasteiger partial charge < -0.3 is 9.47 Å². The van der Waals surface area contributed by atoms with Crippen LogP contribution in [0.25, 0.3) is 60.5 Å². The van der Waals surface area contributed by atoms with E-state index in [1.165, 1.54) is 77.1 Å². The Morgan fingerprint density at radius 1 is 0.344 bits per heavy atom. The molecule has 11 aromatic rings. The van der Waals surface area contributed by atoms with Gasteiger partial charge in [-0.1, -0.05) is 188 Å². The van der Waals surface area contributed by atoms with Crippen molar-refractivity contribution in [3.63, 3.8) is 0 Å². The Bertz CT molecular complexity index is 3330. The van der Waals surface area contributed by atoms with Crippen LogP contribution in [0, 0.1) is 0 Å². The molecule has 1 aliphatic rings. The smallest absolute Gasteiger partial charge is 0.0714 e. The predicted octanol–water partition coefficient (Wildman–Crippen LogP) is 15.4. The maximum atomic E-state index is 2.44. The van der Waals surface area contributed by atoms with Gasteiger partial charge in [0.25, 0.3) is 0 Å². The third-order valence-electron chi connectivity index (χ3n) is 12.8. The van der Waals surface area contributed by atoms with Crippen LogP contribution in [0.4, 0.5) is 17.1 Å². The van der Waals surface area contributed by atoms with E-state index >= 15 is 0 Å². The molecule has 61 heavy (non-hydrogen) atoms. The molecule has 0 fully saturated rings. The molecule has 0 aliphatic heterocycles. The Labute approximate surface area is 355 Å². The van der Waals surface area contributed by atoms with Gasteiger partial charge in [0.1, 0.15) is 0 Å². The lowest BCUT2D eigenvalue weighted by molar-refractivity contribution is 0.768. The molecule has 286 valence electrons. The van der Waals surface area contributed by atoms with Gasteiger partial charge in [-0.3, -0.25) is 0 Å². The van der Waals surface area contributed by atoms with E-state index in [0.29, 0.717) is 0 Å². The van der Waals surface area contributed by atoms with Crippen molar-refractivity contribution in [2.24, 2.45) is 0 Å². The van der Waals surface area contributed by atoms with Crippen molar-refractivity contribution in [3.05, 3.63) is 265 Å². The van der Waals surface area contributed by atoms with Gasteiger partial charge in [-0.2, -0.15) is 0 Å². The monoisotopic (exact) mass is 776 g/mol. The van der Waals surface area contributed by atoms with E-state index in [-0.39, 0.29) is 0 Å². The van der Waals surface area contributed by atoms with E-state index in [2.05, 4.69) is 252 Å². The van der Waals surface area contributed by atoms with Crippen LogP contribution in [0.1, 0.15) is 22.3 Å². The minimum Gasteiger partial charge on any atom is -0.310 e. The number of fused-ring (bicyclic) bond motifs is 7. The van der Waals surface area contributed by atoms with E-state index < -0.39 is 5.41 Å². The van der Waals surface area contributed by atoms with Crippen LogP contribution in [0.2, 0.25) is 0 Å². The quantitative estimate of drug-likeness (QED) is 0.156. The lowest BCUT2D eigenvalue weighted by Gasteiger charge is -2.35. The van der Waals surface area contributed by atoms with E-state index in [4.69, 9.17) is 0 Å². The van der Waals surface area contributed by atoms with Gasteiger partial charge in [-0.25, -0.2) is 0 Å². The first kappa shape index (κ1) is 35.0. The lowest BCUT2D eigenvalue weighted by atomic mass is 9.67. The second-order valence-corrected chi connectivity index (χ2v) is 16.1. The summed E-state index contributed by atoms with van der Waals surface area (Å²) in [5, 5.41) is 4.94. The third kappa shape index (κ3) is 5.43. The molecule has 0 amide bonds. The topological polar surface area (TPSA) is 8.17 Å². The zero-order valence-electron chi connectivity index (χ0n) is 33.5. The van der Waals surface area contributed by atoms with Crippen molar-refractivity contribution in [1.82, 2.24) is 4.57 Å². The van der Waals surface area contributed by atoms with Crippen LogP contribution in [0.5, 0.6) is 0 Å². The van der Waals surface area contributed by atoms with E-state index in [9.17, 15) is 0 Å². The van der Waals surface area contributed by atoms with Gasteiger partial charge in [0.05, 0.1) is 22.1 Å². The number of benzene rings is 10. The fourth-order valence-corrected chi connectivity index (χ4v) is 10.2. The highest BCUT2D eigenvalue weighted by Crippen LogP contribution is 2.56. The molecule has 1 aromatic heterocycles. The summed E-state index contributed by atoms with van der Waals surface area (Å²) < 4.78 is 2.39. The fraction of sp³-hybridized carbons (Fsp3) is 0.0169. The van der Waals surface area contributed by atoms with Gasteiger partial charge in [0.15, 0.2) is 0 Å². The number of aromatic nitrogens is 1. The highest BCUT2D eigenvalue weighted by Gasteiger charge is 2.46. The fourth-order valence-electron chi connectivity index (χ4n) is 10.2. The summed E-state index contributed by atoms with van der Waals surface area (Å²) >= 11 is 0. The van der Waals surface area contributed by atoms with Crippen molar-refractivity contribution in [1.29, 1.82) is 0 Å². The molecule has 12 rings (SSSR count). The average molecular weight is 777 g/mol. The first-order valence-corrected chi connectivity index (χ1v) is 21.1. The second-order valence-electron chi connectivity index (χ2n) is 16.1. The number of nitrogens with zero attached hydrogens (tertiary/aromatic N) is 2. The van der Waals surface area contributed by atoms with Gasteiger partial charge in [-0.15, -0.1) is 0 Å². The highest BCUT2D eigenvalue weighted by molar-refractivity contribution is 6.09. The molecule has 2 nitrogen and oxygen atoms in total. The lowest BCUT2D eigenvalue weighted by Crippen LogP contribution is -2.28. The number of rotatable bonds is 7. The molecule has 10 aromatic carbocycles. The van der Waals surface area contributed by atoms with Crippen LogP contribution in [-0.4, -0.2) is 4.57 Å². The molecule has 0 saturated carbocycles. The van der Waals surface area contributed by atoms with E-state index in [0.717, 1.165) is 22.7 Å². The van der Waals surface area contributed by atoms with Crippen LogP contribution in [0.15, 0.2) is 243 Å². The molecule has 0 unspecified atom stereocenters. The number of hydrogen-bond donors (Lipinski definition) is 0. The Balaban J connectivity index is 1.02. The molecular weight excluding hydrogens is 737 g/mol. The summed E-state index contributed by atoms with van der Waals surface area (Å²) in [6, 6.07) is 89.0. The van der Waals surface area contributed by atoms with Gasteiger partial charge in [0.2, 0.25) is 0 Å². The summed E-state index contributed by atoms with van der Waals surface area (Å²) in [6.07, 6.45) is 0. The minimum atomic E-state index is -0.500. The first-order valence-electron chi connectivity index (χ1n) is 21.1. The number of anilines is 3. The van der Waals surface area contributed by atoms with Gasteiger partial charge in [-0.05, 0) is 104 Å². The van der Waals surface area contributed by atoms with Crippen molar-refractivity contribution in [3.8, 4) is 27.9 Å². The first-order chi connectivity index (χ1) is 30.3. The largest absolute Gasteiger partial charge is 0.310 e. The predicted molar refractivity (Wildman–Crippen MR) is 256 cm³/mol. The summed E-state index contributed by atoms with van der Waals surface area (Å²) in [7, 11) is 0. The standard InChI is InChI=1S/C59H40N2/c1-2-20-44(21-3-1)59(54-30-10-6-26-50(54)51-27-7-11-31-55(51)59)45-22-16-24-48(40-45)60(56-34-15-18-42-17-4-5-25-49(42)56)46-37-35-41(36-38-46)43-19-14-23-47(39-43)61-57-32-12-8-28-52(57)53-29-9-13-33-58(53)61/h1-40H. The zero-order valence-corrected chi connectivity index (χ0v) is 33.5. The molecule has 0 bridgehead atoms. The van der Waals surface area contributed by atoms with Crippen LogP contribution < -0.4 is 4.90 Å².